The number of rotatable bonds is 3. The third kappa shape index (κ3) is 2.10. The van der Waals surface area contributed by atoms with Crippen molar-refractivity contribution in [2.45, 2.75) is 25.8 Å². The van der Waals surface area contributed by atoms with E-state index in [1.165, 1.54) is 4.57 Å². The largest absolute Gasteiger partial charge is 0.464 e. The minimum Gasteiger partial charge on any atom is -0.464 e. The predicted molar refractivity (Wildman–Crippen MR) is 62.7 cm³/mol. The minimum atomic E-state index is -0.837. The van der Waals surface area contributed by atoms with Crippen molar-refractivity contribution in [1.82, 2.24) is 9.88 Å². The Hall–Kier alpha value is -1.85. The zero-order chi connectivity index (χ0) is 13.3. The number of hydrogen-bond acceptors (Lipinski definition) is 3. The van der Waals surface area contributed by atoms with Crippen LogP contribution in [0, 0.1) is 5.92 Å². The maximum absolute atomic E-state index is 12.0. The van der Waals surface area contributed by atoms with Crippen LogP contribution in [-0.2, 0) is 16.6 Å². The molecule has 0 radical (unpaired) electrons. The first-order valence-electron chi connectivity index (χ1n) is 6.02. The van der Waals surface area contributed by atoms with Crippen LogP contribution in [0.15, 0.2) is 18.7 Å². The molecule has 1 aromatic heterocycles. The molecule has 1 aromatic rings. The van der Waals surface area contributed by atoms with E-state index in [0.29, 0.717) is 13.0 Å². The molecule has 6 nitrogen and oxygen atoms in total. The third-order valence-electron chi connectivity index (χ3n) is 3.28. The van der Waals surface area contributed by atoms with Crippen LogP contribution in [0.4, 0.5) is 4.79 Å². The average Bonchev–Trinajstić information content (AvgIpc) is 2.76. The highest BCUT2D eigenvalue weighted by Gasteiger charge is 2.60. The molecule has 98 valence electrons. The van der Waals surface area contributed by atoms with E-state index < -0.39 is 5.54 Å². The molecule has 0 saturated heterocycles. The zero-order valence-corrected chi connectivity index (χ0v) is 10.8. The van der Waals surface area contributed by atoms with Crippen LogP contribution in [0.3, 0.4) is 0 Å². The number of ether oxygens (including phenoxy) is 1. The summed E-state index contributed by atoms with van der Waals surface area (Å²) >= 11 is 0. The predicted octanol–water partition coefficient (Wildman–Crippen LogP) is 0.212. The smallest absolute Gasteiger partial charge is 0.414 e. The van der Waals surface area contributed by atoms with Gasteiger partial charge >= 0.3 is 12.0 Å². The van der Waals surface area contributed by atoms with Crippen LogP contribution in [0.5, 0.6) is 0 Å². The molecule has 0 aliphatic heterocycles. The van der Waals surface area contributed by atoms with Crippen molar-refractivity contribution >= 4 is 12.0 Å². The van der Waals surface area contributed by atoms with Gasteiger partial charge in [-0.3, -0.25) is 0 Å². The lowest BCUT2D eigenvalue weighted by atomic mass is 10.2. The summed E-state index contributed by atoms with van der Waals surface area (Å²) in [6.45, 7) is 4.00. The van der Waals surface area contributed by atoms with Crippen molar-refractivity contribution in [2.75, 3.05) is 6.61 Å². The summed E-state index contributed by atoms with van der Waals surface area (Å²) in [6.07, 6.45) is 5.67. The molecule has 1 heterocycles. The fraction of sp³-hybridized carbons (Fsp3) is 0.583. The van der Waals surface area contributed by atoms with Crippen molar-refractivity contribution in [2.24, 2.45) is 13.0 Å². The standard InChI is InChI=1S/C12H17N3O3/c1-4-18-10(16)12(7-9(12)2)13-11(17)15-6-5-14(3)8-15/h5-6,8-9H,4,7H2,1-3H3/p+1/t9-,12-/m1/s1. The second kappa shape index (κ2) is 4.44. The lowest BCUT2D eigenvalue weighted by molar-refractivity contribution is -0.670. The van der Waals surface area contributed by atoms with Gasteiger partial charge in [-0.15, -0.1) is 0 Å². The number of amides is 1. The summed E-state index contributed by atoms with van der Waals surface area (Å²) in [6, 6.07) is -0.312. The molecular weight excluding hydrogens is 234 g/mol. The van der Waals surface area contributed by atoms with E-state index in [9.17, 15) is 9.59 Å². The molecule has 2 rings (SSSR count). The Labute approximate surface area is 106 Å². The summed E-state index contributed by atoms with van der Waals surface area (Å²) in [4.78, 5) is 23.9. The van der Waals surface area contributed by atoms with E-state index in [0.717, 1.165) is 0 Å². The van der Waals surface area contributed by atoms with Crippen LogP contribution >= 0.6 is 0 Å². The fourth-order valence-electron chi connectivity index (χ4n) is 2.02. The Morgan fingerprint density at radius 1 is 1.61 bits per heavy atom. The number of nitrogens with zero attached hydrogens (tertiary/aromatic N) is 2. The Kier molecular flexibility index (Phi) is 3.11. The molecule has 1 aliphatic rings. The number of nitrogens with one attached hydrogen (secondary N) is 1. The molecule has 0 bridgehead atoms. The minimum absolute atomic E-state index is 0.116. The second-order valence-electron chi connectivity index (χ2n) is 4.71. The van der Waals surface area contributed by atoms with Crippen LogP contribution in [0.2, 0.25) is 0 Å². The van der Waals surface area contributed by atoms with Crippen LogP contribution < -0.4 is 9.88 Å². The van der Waals surface area contributed by atoms with E-state index in [2.05, 4.69) is 5.32 Å². The highest BCUT2D eigenvalue weighted by Crippen LogP contribution is 2.44. The molecule has 2 atom stereocenters. The Morgan fingerprint density at radius 2 is 2.28 bits per heavy atom. The number of carbonyl (C=O) groups excluding carboxylic acids is 2. The topological polar surface area (TPSA) is 64.2 Å². The summed E-state index contributed by atoms with van der Waals surface area (Å²) in [5.74, 6) is -0.229. The highest BCUT2D eigenvalue weighted by molar-refractivity contribution is 5.91. The molecule has 6 heteroatoms. The molecular formula is C12H18N3O3+. The average molecular weight is 252 g/mol. The first-order chi connectivity index (χ1) is 8.49. The molecule has 1 amide bonds. The van der Waals surface area contributed by atoms with Gasteiger partial charge in [0.15, 0.2) is 0 Å². The van der Waals surface area contributed by atoms with Crippen LogP contribution in [0.1, 0.15) is 20.3 Å². The van der Waals surface area contributed by atoms with Gasteiger partial charge in [-0.05, 0) is 19.3 Å². The third-order valence-corrected chi connectivity index (χ3v) is 3.28. The summed E-state index contributed by atoms with van der Waals surface area (Å²) in [7, 11) is 1.82. The maximum Gasteiger partial charge on any atom is 0.414 e. The normalized spacial score (nSPS) is 25.6. The van der Waals surface area contributed by atoms with Gasteiger partial charge in [0.05, 0.1) is 13.7 Å². The summed E-state index contributed by atoms with van der Waals surface area (Å²) < 4.78 is 8.18. The summed E-state index contributed by atoms with van der Waals surface area (Å²) in [5, 5.41) is 2.77. The van der Waals surface area contributed by atoms with Crippen molar-refractivity contribution in [3.05, 3.63) is 18.7 Å². The molecule has 18 heavy (non-hydrogen) atoms. The van der Waals surface area contributed by atoms with E-state index >= 15 is 0 Å². The molecule has 1 fully saturated rings. The highest BCUT2D eigenvalue weighted by atomic mass is 16.5. The number of carbonyl (C=O) groups is 2. The van der Waals surface area contributed by atoms with Crippen molar-refractivity contribution < 1.29 is 18.9 Å². The van der Waals surface area contributed by atoms with Crippen LogP contribution in [-0.4, -0.2) is 28.7 Å². The van der Waals surface area contributed by atoms with Gasteiger partial charge < -0.3 is 10.1 Å². The number of hydrogen-bond donors (Lipinski definition) is 1. The lowest BCUT2D eigenvalue weighted by Gasteiger charge is -2.15. The van der Waals surface area contributed by atoms with Crippen LogP contribution in [0.25, 0.3) is 0 Å². The SMILES string of the molecule is CCOC(=O)[C@@]1(NC(=O)n2cc[n+](C)c2)C[C@H]1C. The first-order valence-corrected chi connectivity index (χ1v) is 6.02. The lowest BCUT2D eigenvalue weighted by Crippen LogP contribution is -2.47. The monoisotopic (exact) mass is 252 g/mol. The van der Waals surface area contributed by atoms with Gasteiger partial charge in [-0.2, -0.15) is 4.57 Å². The molecule has 0 unspecified atom stereocenters. The number of aryl methyl sites for hydroxylation is 1. The van der Waals surface area contributed by atoms with E-state index in [1.54, 1.807) is 30.2 Å². The first kappa shape index (κ1) is 12.6. The Bertz CT molecular complexity index is 483. The molecule has 0 aromatic carbocycles. The number of imidazole rings is 1. The van der Waals surface area contributed by atoms with Crippen molar-refractivity contribution in [1.29, 1.82) is 0 Å². The summed E-state index contributed by atoms with van der Waals surface area (Å²) in [5.41, 5.74) is -0.837. The zero-order valence-electron chi connectivity index (χ0n) is 10.8. The van der Waals surface area contributed by atoms with E-state index in [1.807, 2.05) is 14.0 Å². The molecule has 1 saturated carbocycles. The quantitative estimate of drug-likeness (QED) is 0.618. The second-order valence-corrected chi connectivity index (χ2v) is 4.71. The van der Waals surface area contributed by atoms with Gasteiger partial charge in [0, 0.05) is 0 Å². The van der Waals surface area contributed by atoms with E-state index in [4.69, 9.17) is 4.74 Å². The van der Waals surface area contributed by atoms with Gasteiger partial charge in [0.2, 0.25) is 0 Å². The van der Waals surface area contributed by atoms with Crippen molar-refractivity contribution in [3.8, 4) is 0 Å². The van der Waals surface area contributed by atoms with Crippen molar-refractivity contribution in [3.63, 3.8) is 0 Å². The van der Waals surface area contributed by atoms with E-state index in [-0.39, 0.29) is 17.9 Å². The van der Waals surface area contributed by atoms with Gasteiger partial charge in [-0.25, -0.2) is 14.2 Å². The van der Waals surface area contributed by atoms with Gasteiger partial charge in [-0.1, -0.05) is 6.92 Å². The maximum atomic E-state index is 12.0. The molecule has 1 aliphatic carbocycles. The number of esters is 1. The molecule has 1 N–H and O–H groups in total. The van der Waals surface area contributed by atoms with Gasteiger partial charge in [0.1, 0.15) is 17.9 Å². The Morgan fingerprint density at radius 3 is 2.72 bits per heavy atom. The number of aromatic nitrogens is 2. The Balaban J connectivity index is 2.08. The molecule has 0 spiro atoms. The fourth-order valence-corrected chi connectivity index (χ4v) is 2.02. The van der Waals surface area contributed by atoms with Gasteiger partial charge in [0.25, 0.3) is 6.33 Å².